The molecule has 2 atom stereocenters. The van der Waals surface area contributed by atoms with E-state index in [1.165, 1.54) is 0 Å². The number of likely N-dealkylation sites (N-methyl/N-ethyl adjacent to an activating group) is 1. The van der Waals surface area contributed by atoms with Gasteiger partial charge in [0.25, 0.3) is 11.8 Å². The first-order chi connectivity index (χ1) is 17.1. The first-order valence-corrected chi connectivity index (χ1v) is 12.5. The van der Waals surface area contributed by atoms with Crippen LogP contribution in [-0.2, 0) is 15.1 Å². The van der Waals surface area contributed by atoms with Crippen LogP contribution in [0.15, 0.2) is 59.6 Å². The van der Waals surface area contributed by atoms with E-state index in [2.05, 4.69) is 13.8 Å². The fourth-order valence-corrected chi connectivity index (χ4v) is 4.88. The Kier molecular flexibility index (Phi) is 7.15. The largest absolute Gasteiger partial charge is 0.369 e. The fourth-order valence-electron chi connectivity index (χ4n) is 4.88. The zero-order valence-corrected chi connectivity index (χ0v) is 21.5. The lowest BCUT2D eigenvalue weighted by molar-refractivity contribution is -0.134. The molecular weight excluding hydrogens is 454 g/mol. The van der Waals surface area contributed by atoms with Crippen molar-refractivity contribution in [2.24, 2.45) is 16.6 Å². The van der Waals surface area contributed by atoms with Crippen LogP contribution in [0.3, 0.4) is 0 Å². The van der Waals surface area contributed by atoms with Crippen molar-refractivity contribution in [1.82, 2.24) is 14.7 Å². The Morgan fingerprint density at radius 3 is 2.44 bits per heavy atom. The molecule has 0 bridgehead atoms. The van der Waals surface area contributed by atoms with Crippen LogP contribution in [0.5, 0.6) is 0 Å². The van der Waals surface area contributed by atoms with Gasteiger partial charge in [-0.05, 0) is 48.9 Å². The molecule has 2 aromatic rings. The van der Waals surface area contributed by atoms with Crippen molar-refractivity contribution in [1.29, 1.82) is 0 Å². The van der Waals surface area contributed by atoms with E-state index < -0.39 is 11.6 Å². The van der Waals surface area contributed by atoms with Gasteiger partial charge in [0.2, 0.25) is 5.91 Å². The zero-order chi connectivity index (χ0) is 26.0. The first kappa shape index (κ1) is 25.4. The number of benzene rings is 2. The van der Waals surface area contributed by atoms with Gasteiger partial charge >= 0.3 is 0 Å². The number of carbonyl (C=O) groups is 3. The Morgan fingerprint density at radius 2 is 1.78 bits per heavy atom. The van der Waals surface area contributed by atoms with Gasteiger partial charge in [-0.15, -0.1) is 0 Å². The number of aliphatic imine (C=N–C) groups is 1. The second-order valence-electron chi connectivity index (χ2n) is 10.1. The van der Waals surface area contributed by atoms with Crippen molar-refractivity contribution in [2.45, 2.75) is 45.2 Å². The SMILES string of the molecule is CC(C)CCC1(c2ccccc2)N=C(N)N([C@H](C)c2cccc(C(=O)N3CCN(C)C(=O)C3)c2)C1=O. The lowest BCUT2D eigenvalue weighted by Crippen LogP contribution is -2.50. The maximum absolute atomic E-state index is 14.0. The summed E-state index contributed by atoms with van der Waals surface area (Å²) in [5.74, 6) is 0.160. The number of hydrogen-bond donors (Lipinski definition) is 1. The topological polar surface area (TPSA) is 99.3 Å². The lowest BCUT2D eigenvalue weighted by Gasteiger charge is -2.32. The van der Waals surface area contributed by atoms with Crippen LogP contribution in [0.4, 0.5) is 0 Å². The molecule has 0 spiro atoms. The Hall–Kier alpha value is -3.68. The minimum atomic E-state index is -1.06. The van der Waals surface area contributed by atoms with Crippen molar-refractivity contribution in [2.75, 3.05) is 26.7 Å². The van der Waals surface area contributed by atoms with E-state index in [9.17, 15) is 14.4 Å². The van der Waals surface area contributed by atoms with Crippen LogP contribution in [0.1, 0.15) is 61.1 Å². The Morgan fingerprint density at radius 1 is 1.06 bits per heavy atom. The lowest BCUT2D eigenvalue weighted by atomic mass is 9.83. The van der Waals surface area contributed by atoms with E-state index in [0.29, 0.717) is 31.0 Å². The summed E-state index contributed by atoms with van der Waals surface area (Å²) in [5, 5.41) is 0. The molecule has 1 fully saturated rings. The van der Waals surface area contributed by atoms with Gasteiger partial charge in [-0.2, -0.15) is 0 Å². The Bertz CT molecular complexity index is 1180. The Balaban J connectivity index is 1.61. The molecule has 2 aliphatic rings. The third-order valence-electron chi connectivity index (χ3n) is 7.21. The Labute approximate surface area is 212 Å². The van der Waals surface area contributed by atoms with Gasteiger partial charge in [-0.1, -0.05) is 56.3 Å². The molecule has 4 rings (SSSR count). The third kappa shape index (κ3) is 4.72. The summed E-state index contributed by atoms with van der Waals surface area (Å²) in [5.41, 5.74) is 7.44. The van der Waals surface area contributed by atoms with E-state index in [1.807, 2.05) is 43.3 Å². The number of hydrogen-bond acceptors (Lipinski definition) is 5. The predicted molar refractivity (Wildman–Crippen MR) is 139 cm³/mol. The van der Waals surface area contributed by atoms with Gasteiger partial charge in [-0.3, -0.25) is 19.3 Å². The van der Waals surface area contributed by atoms with E-state index in [0.717, 1.165) is 17.5 Å². The van der Waals surface area contributed by atoms with Crippen molar-refractivity contribution in [3.63, 3.8) is 0 Å². The number of carbonyl (C=O) groups excluding carboxylic acids is 3. The van der Waals surface area contributed by atoms with Crippen LogP contribution in [0.25, 0.3) is 0 Å². The maximum atomic E-state index is 14.0. The van der Waals surface area contributed by atoms with Crippen molar-refractivity contribution < 1.29 is 14.4 Å². The molecule has 36 heavy (non-hydrogen) atoms. The fraction of sp³-hybridized carbons (Fsp3) is 0.429. The smallest absolute Gasteiger partial charge is 0.262 e. The molecule has 2 heterocycles. The van der Waals surface area contributed by atoms with Crippen molar-refractivity contribution in [3.05, 3.63) is 71.3 Å². The summed E-state index contributed by atoms with van der Waals surface area (Å²) in [4.78, 5) is 48.8. The summed E-state index contributed by atoms with van der Waals surface area (Å²) in [6.45, 7) is 7.21. The van der Waals surface area contributed by atoms with Crippen LogP contribution in [0.2, 0.25) is 0 Å². The summed E-state index contributed by atoms with van der Waals surface area (Å²) in [6.07, 6.45) is 1.39. The summed E-state index contributed by atoms with van der Waals surface area (Å²) < 4.78 is 0. The average molecular weight is 490 g/mol. The number of guanidine groups is 1. The molecule has 3 amide bonds. The standard InChI is InChI=1S/C28H35N5O3/c1-19(2)13-14-28(23-11-6-5-7-12-23)26(36)33(27(29)30-28)20(3)21-9-8-10-22(17-21)25(35)32-16-15-31(4)24(34)18-32/h5-12,17,19-20H,13-16,18H2,1-4H3,(H2,29,30)/t20-,28?/m1/s1. The van der Waals surface area contributed by atoms with E-state index in [4.69, 9.17) is 10.7 Å². The highest BCUT2D eigenvalue weighted by Gasteiger charge is 2.50. The summed E-state index contributed by atoms with van der Waals surface area (Å²) in [6, 6.07) is 16.4. The normalized spacial score (nSPS) is 21.2. The molecule has 0 aromatic heterocycles. The van der Waals surface area contributed by atoms with Gasteiger partial charge in [0.1, 0.15) is 6.54 Å². The number of amides is 3. The molecule has 1 unspecified atom stereocenters. The number of nitrogens with zero attached hydrogens (tertiary/aromatic N) is 4. The molecule has 0 saturated carbocycles. The van der Waals surface area contributed by atoms with Gasteiger partial charge in [0, 0.05) is 25.7 Å². The maximum Gasteiger partial charge on any atom is 0.262 e. The average Bonchev–Trinajstić information content (AvgIpc) is 3.14. The van der Waals surface area contributed by atoms with Crippen molar-refractivity contribution >= 4 is 23.7 Å². The van der Waals surface area contributed by atoms with Gasteiger partial charge in [0.05, 0.1) is 6.04 Å². The van der Waals surface area contributed by atoms with Gasteiger partial charge in [-0.25, -0.2) is 4.99 Å². The van der Waals surface area contributed by atoms with Crippen LogP contribution in [-0.4, -0.2) is 65.1 Å². The highest BCUT2D eigenvalue weighted by Crippen LogP contribution is 2.41. The third-order valence-corrected chi connectivity index (χ3v) is 7.21. The first-order valence-electron chi connectivity index (χ1n) is 12.5. The van der Waals surface area contributed by atoms with Crippen molar-refractivity contribution in [3.8, 4) is 0 Å². The quantitative estimate of drug-likeness (QED) is 0.646. The predicted octanol–water partition coefficient (Wildman–Crippen LogP) is 3.15. The molecule has 2 aromatic carbocycles. The second kappa shape index (κ2) is 10.1. The molecule has 2 aliphatic heterocycles. The monoisotopic (exact) mass is 489 g/mol. The van der Waals surface area contributed by atoms with E-state index in [-0.39, 0.29) is 30.2 Å². The van der Waals surface area contributed by atoms with Gasteiger partial charge in [0.15, 0.2) is 11.5 Å². The molecular formula is C28H35N5O3. The molecule has 0 aliphatic carbocycles. The summed E-state index contributed by atoms with van der Waals surface area (Å²) in [7, 11) is 1.74. The number of rotatable bonds is 7. The minimum absolute atomic E-state index is 0.0643. The molecule has 1 saturated heterocycles. The van der Waals surface area contributed by atoms with E-state index in [1.54, 1.807) is 39.9 Å². The molecule has 8 nitrogen and oxygen atoms in total. The highest BCUT2D eigenvalue weighted by atomic mass is 16.2. The number of piperazine rings is 1. The van der Waals surface area contributed by atoms with Crippen LogP contribution < -0.4 is 5.73 Å². The van der Waals surface area contributed by atoms with Crippen LogP contribution >= 0.6 is 0 Å². The number of nitrogens with two attached hydrogens (primary N) is 1. The molecule has 2 N–H and O–H groups in total. The van der Waals surface area contributed by atoms with Gasteiger partial charge < -0.3 is 15.5 Å². The summed E-state index contributed by atoms with van der Waals surface area (Å²) >= 11 is 0. The zero-order valence-electron chi connectivity index (χ0n) is 21.5. The van der Waals surface area contributed by atoms with Crippen LogP contribution in [0, 0.1) is 5.92 Å². The second-order valence-corrected chi connectivity index (χ2v) is 10.1. The van der Waals surface area contributed by atoms with E-state index >= 15 is 0 Å². The molecule has 8 heteroatoms. The molecule has 190 valence electrons. The minimum Gasteiger partial charge on any atom is -0.369 e. The highest BCUT2D eigenvalue weighted by molar-refractivity contribution is 6.07. The molecule has 0 radical (unpaired) electrons.